The lowest BCUT2D eigenvalue weighted by Crippen LogP contribution is -2.05. The molecule has 26 heavy (non-hydrogen) atoms. The second-order valence-corrected chi connectivity index (χ2v) is 5.75. The Kier molecular flexibility index (Phi) is 3.85. The number of aromatic nitrogens is 2. The lowest BCUT2D eigenvalue weighted by atomic mass is 10.1. The molecule has 4 rings (SSSR count). The number of pyridine rings is 2. The fourth-order valence-corrected chi connectivity index (χ4v) is 2.87. The fraction of sp³-hybridized carbons (Fsp3) is 0.0500. The summed E-state index contributed by atoms with van der Waals surface area (Å²) in [5.41, 5.74) is 2.31. The summed E-state index contributed by atoms with van der Waals surface area (Å²) in [6.07, 6.45) is 1.72. The topological polar surface area (TPSA) is 84.3 Å². The van der Waals surface area contributed by atoms with E-state index in [0.717, 1.165) is 22.0 Å². The molecular formula is C20H15N3O3. The number of rotatable bonds is 4. The van der Waals surface area contributed by atoms with E-state index in [-0.39, 0.29) is 11.4 Å². The zero-order chi connectivity index (χ0) is 18.1. The van der Waals surface area contributed by atoms with E-state index in [2.05, 4.69) is 15.3 Å². The van der Waals surface area contributed by atoms with Gasteiger partial charge < -0.3 is 15.2 Å². The van der Waals surface area contributed by atoms with Gasteiger partial charge in [-0.05, 0) is 42.5 Å². The number of nitrogens with zero attached hydrogens (tertiary/aromatic N) is 2. The standard InChI is InChI=1S/C20H15N3O3/c1-26-13-8-7-12-10-15(20(24)25)19(23-18(12)11-13)22-17-6-2-5-16-14(17)4-3-9-21-16/h2-11H,1H3,(H,22,23)(H,24,25). The van der Waals surface area contributed by atoms with Crippen LogP contribution in [-0.2, 0) is 0 Å². The number of hydrogen-bond acceptors (Lipinski definition) is 5. The van der Waals surface area contributed by atoms with Crippen LogP contribution in [0, 0.1) is 0 Å². The lowest BCUT2D eigenvalue weighted by Gasteiger charge is -2.12. The molecule has 0 aliphatic rings. The van der Waals surface area contributed by atoms with Crippen molar-refractivity contribution in [3.05, 3.63) is 66.4 Å². The molecule has 0 bridgehead atoms. The molecule has 0 saturated heterocycles. The zero-order valence-electron chi connectivity index (χ0n) is 13.9. The van der Waals surface area contributed by atoms with Crippen molar-refractivity contribution in [3.8, 4) is 5.75 Å². The first-order valence-corrected chi connectivity index (χ1v) is 7.98. The second-order valence-electron chi connectivity index (χ2n) is 5.75. The van der Waals surface area contributed by atoms with Gasteiger partial charge in [-0.25, -0.2) is 9.78 Å². The Bertz CT molecular complexity index is 1140. The van der Waals surface area contributed by atoms with Gasteiger partial charge in [0.1, 0.15) is 17.1 Å². The van der Waals surface area contributed by atoms with E-state index in [9.17, 15) is 9.90 Å². The van der Waals surface area contributed by atoms with Crippen molar-refractivity contribution in [1.82, 2.24) is 9.97 Å². The Labute approximate surface area is 149 Å². The minimum absolute atomic E-state index is 0.101. The van der Waals surface area contributed by atoms with Crippen LogP contribution in [0.15, 0.2) is 60.8 Å². The average molecular weight is 345 g/mol. The van der Waals surface area contributed by atoms with E-state index in [1.165, 1.54) is 0 Å². The van der Waals surface area contributed by atoms with Gasteiger partial charge >= 0.3 is 5.97 Å². The third kappa shape index (κ3) is 2.77. The fourth-order valence-electron chi connectivity index (χ4n) is 2.87. The van der Waals surface area contributed by atoms with Gasteiger partial charge in [0.05, 0.1) is 18.1 Å². The van der Waals surface area contributed by atoms with Crippen LogP contribution in [0.3, 0.4) is 0 Å². The SMILES string of the molecule is COc1ccc2cc(C(=O)O)c(Nc3cccc4ncccc34)nc2c1. The van der Waals surface area contributed by atoms with Crippen LogP contribution in [0.2, 0.25) is 0 Å². The highest BCUT2D eigenvalue weighted by Crippen LogP contribution is 2.29. The molecule has 6 nitrogen and oxygen atoms in total. The van der Waals surface area contributed by atoms with Crippen molar-refractivity contribution in [3.63, 3.8) is 0 Å². The number of anilines is 2. The molecule has 4 aromatic rings. The molecule has 2 aromatic heterocycles. The predicted molar refractivity (Wildman–Crippen MR) is 100 cm³/mol. The first-order valence-electron chi connectivity index (χ1n) is 7.98. The van der Waals surface area contributed by atoms with Crippen LogP contribution in [0.4, 0.5) is 11.5 Å². The van der Waals surface area contributed by atoms with Crippen LogP contribution in [-0.4, -0.2) is 28.2 Å². The van der Waals surface area contributed by atoms with Gasteiger partial charge in [-0.1, -0.05) is 6.07 Å². The van der Waals surface area contributed by atoms with Crippen molar-refractivity contribution in [2.45, 2.75) is 0 Å². The number of nitrogens with one attached hydrogen (secondary N) is 1. The number of carbonyl (C=O) groups is 1. The van der Waals surface area contributed by atoms with Crippen molar-refractivity contribution in [1.29, 1.82) is 0 Å². The summed E-state index contributed by atoms with van der Waals surface area (Å²) in [6, 6.07) is 16.3. The maximum atomic E-state index is 11.7. The smallest absolute Gasteiger partial charge is 0.339 e. The number of carboxylic acids is 1. The van der Waals surface area contributed by atoms with Crippen molar-refractivity contribution in [2.24, 2.45) is 0 Å². The van der Waals surface area contributed by atoms with Gasteiger partial charge in [0.2, 0.25) is 0 Å². The van der Waals surface area contributed by atoms with Crippen LogP contribution in [0.25, 0.3) is 21.8 Å². The molecule has 128 valence electrons. The Morgan fingerprint density at radius 1 is 1.08 bits per heavy atom. The molecule has 0 spiro atoms. The van der Waals surface area contributed by atoms with Gasteiger partial charge in [0.25, 0.3) is 0 Å². The summed E-state index contributed by atoms with van der Waals surface area (Å²) in [5.74, 6) is -0.112. The predicted octanol–water partition coefficient (Wildman–Crippen LogP) is 4.23. The van der Waals surface area contributed by atoms with E-state index >= 15 is 0 Å². The third-order valence-electron chi connectivity index (χ3n) is 4.15. The molecule has 0 aliphatic carbocycles. The minimum Gasteiger partial charge on any atom is -0.497 e. The van der Waals surface area contributed by atoms with Crippen molar-refractivity contribution >= 4 is 39.3 Å². The van der Waals surface area contributed by atoms with Crippen LogP contribution >= 0.6 is 0 Å². The molecule has 0 radical (unpaired) electrons. The van der Waals surface area contributed by atoms with E-state index in [1.54, 1.807) is 37.6 Å². The molecular weight excluding hydrogens is 330 g/mol. The normalized spacial score (nSPS) is 10.8. The monoisotopic (exact) mass is 345 g/mol. The minimum atomic E-state index is -1.05. The maximum absolute atomic E-state index is 11.7. The first-order chi connectivity index (χ1) is 12.7. The number of hydrogen-bond donors (Lipinski definition) is 2. The summed E-state index contributed by atoms with van der Waals surface area (Å²) in [7, 11) is 1.58. The van der Waals surface area contributed by atoms with E-state index < -0.39 is 5.97 Å². The van der Waals surface area contributed by atoms with Crippen molar-refractivity contribution < 1.29 is 14.6 Å². The Hall–Kier alpha value is -3.67. The second kappa shape index (κ2) is 6.33. The number of carboxylic acid groups (broad SMARTS) is 1. The molecule has 2 heterocycles. The molecule has 0 atom stereocenters. The van der Waals surface area contributed by atoms with Crippen molar-refractivity contribution in [2.75, 3.05) is 12.4 Å². The molecule has 0 amide bonds. The lowest BCUT2D eigenvalue weighted by molar-refractivity contribution is 0.0698. The van der Waals surface area contributed by atoms with Gasteiger partial charge in [0, 0.05) is 28.7 Å². The number of ether oxygens (including phenoxy) is 1. The Morgan fingerprint density at radius 2 is 1.96 bits per heavy atom. The van der Waals surface area contributed by atoms with Gasteiger partial charge in [0.15, 0.2) is 0 Å². The highest BCUT2D eigenvalue weighted by molar-refractivity contribution is 6.01. The Balaban J connectivity index is 1.88. The highest BCUT2D eigenvalue weighted by atomic mass is 16.5. The summed E-state index contributed by atoms with van der Waals surface area (Å²) in [5, 5.41) is 14.4. The highest BCUT2D eigenvalue weighted by Gasteiger charge is 2.15. The van der Waals surface area contributed by atoms with Gasteiger partial charge in [-0.2, -0.15) is 0 Å². The number of aromatic carboxylic acids is 1. The van der Waals surface area contributed by atoms with Crippen LogP contribution < -0.4 is 10.1 Å². The van der Waals surface area contributed by atoms with E-state index in [0.29, 0.717) is 11.3 Å². The molecule has 0 saturated carbocycles. The number of benzene rings is 2. The molecule has 0 fully saturated rings. The molecule has 0 aliphatic heterocycles. The van der Waals surface area contributed by atoms with E-state index in [1.807, 2.05) is 30.3 Å². The Morgan fingerprint density at radius 3 is 2.77 bits per heavy atom. The van der Waals surface area contributed by atoms with Crippen LogP contribution in [0.5, 0.6) is 5.75 Å². The number of methoxy groups -OCH3 is 1. The molecule has 6 heteroatoms. The van der Waals surface area contributed by atoms with Gasteiger partial charge in [-0.15, -0.1) is 0 Å². The summed E-state index contributed by atoms with van der Waals surface area (Å²) < 4.78 is 5.23. The average Bonchev–Trinajstić information content (AvgIpc) is 2.67. The maximum Gasteiger partial charge on any atom is 0.339 e. The van der Waals surface area contributed by atoms with Crippen LogP contribution in [0.1, 0.15) is 10.4 Å². The van der Waals surface area contributed by atoms with Gasteiger partial charge in [-0.3, -0.25) is 4.98 Å². The van der Waals surface area contributed by atoms with E-state index in [4.69, 9.17) is 4.74 Å². The first kappa shape index (κ1) is 15.8. The third-order valence-corrected chi connectivity index (χ3v) is 4.15. The molecule has 0 unspecified atom stereocenters. The number of fused-ring (bicyclic) bond motifs is 2. The molecule has 2 N–H and O–H groups in total. The largest absolute Gasteiger partial charge is 0.497 e. The quantitative estimate of drug-likeness (QED) is 0.576. The molecule has 2 aromatic carbocycles. The summed E-state index contributed by atoms with van der Waals surface area (Å²) in [6.45, 7) is 0. The summed E-state index contributed by atoms with van der Waals surface area (Å²) >= 11 is 0. The summed E-state index contributed by atoms with van der Waals surface area (Å²) in [4.78, 5) is 20.6. The zero-order valence-corrected chi connectivity index (χ0v) is 13.9.